The van der Waals surface area contributed by atoms with Gasteiger partial charge in [0.15, 0.2) is 0 Å². The molecule has 18 heavy (non-hydrogen) atoms. The van der Waals surface area contributed by atoms with Crippen LogP contribution in [0.2, 0.25) is 0 Å². The molecular weight excluding hydrogens is 228 g/mol. The summed E-state index contributed by atoms with van der Waals surface area (Å²) in [6.45, 7) is 4.85. The second kappa shape index (κ2) is 5.48. The first-order chi connectivity index (χ1) is 8.54. The third-order valence-electron chi connectivity index (χ3n) is 3.18. The van der Waals surface area contributed by atoms with Crippen LogP contribution in [0, 0.1) is 5.92 Å². The van der Waals surface area contributed by atoms with Crippen LogP contribution in [-0.4, -0.2) is 23.9 Å². The van der Waals surface area contributed by atoms with E-state index >= 15 is 0 Å². The van der Waals surface area contributed by atoms with Gasteiger partial charge in [-0.3, -0.25) is 0 Å². The largest absolute Gasteiger partial charge is 0.489 e. The van der Waals surface area contributed by atoms with Gasteiger partial charge in [-0.2, -0.15) is 0 Å². The fraction of sp³-hybridized carbons (Fsp3) is 0.571. The first-order valence-electron chi connectivity index (χ1n) is 6.52. The van der Waals surface area contributed by atoms with E-state index in [1.165, 1.54) is 0 Å². The normalized spacial score (nSPS) is 22.7. The number of aliphatic hydroxyl groups excluding tert-OH is 1. The van der Waals surface area contributed by atoms with Crippen LogP contribution in [0.3, 0.4) is 0 Å². The van der Waals surface area contributed by atoms with E-state index in [9.17, 15) is 5.11 Å². The molecule has 1 fully saturated rings. The van der Waals surface area contributed by atoms with Crippen molar-refractivity contribution in [2.75, 3.05) is 17.6 Å². The highest BCUT2D eigenvalue weighted by atomic mass is 16.5. The van der Waals surface area contributed by atoms with E-state index in [1.807, 2.05) is 32.0 Å². The van der Waals surface area contributed by atoms with Crippen molar-refractivity contribution < 1.29 is 9.84 Å². The Hall–Kier alpha value is -1.42. The number of anilines is 2. The van der Waals surface area contributed by atoms with Crippen LogP contribution in [-0.2, 0) is 0 Å². The third-order valence-corrected chi connectivity index (χ3v) is 3.18. The van der Waals surface area contributed by atoms with E-state index in [2.05, 4.69) is 5.32 Å². The molecule has 1 aromatic carbocycles. The first-order valence-corrected chi connectivity index (χ1v) is 6.52. The molecule has 4 heteroatoms. The highest BCUT2D eigenvalue weighted by molar-refractivity contribution is 5.61. The molecule has 0 saturated heterocycles. The first kappa shape index (κ1) is 13.0. The van der Waals surface area contributed by atoms with Crippen LogP contribution in [0.15, 0.2) is 18.2 Å². The van der Waals surface area contributed by atoms with Crippen molar-refractivity contribution in [3.63, 3.8) is 0 Å². The highest BCUT2D eigenvalue weighted by Crippen LogP contribution is 2.29. The second-order valence-corrected chi connectivity index (χ2v) is 5.29. The SMILES string of the molecule is CC(C)Oc1cc(NCC2CC(O)C2)ccc1N. The number of benzene rings is 1. The number of nitrogens with two attached hydrogens (primary N) is 1. The predicted octanol–water partition coefficient (Wildman–Crippen LogP) is 2.24. The zero-order chi connectivity index (χ0) is 13.1. The number of nitrogens with one attached hydrogen (secondary N) is 1. The van der Waals surface area contributed by atoms with Gasteiger partial charge in [0.25, 0.3) is 0 Å². The Labute approximate surface area is 108 Å². The quantitative estimate of drug-likeness (QED) is 0.701. The molecule has 0 aliphatic heterocycles. The van der Waals surface area contributed by atoms with Crippen molar-refractivity contribution in [3.05, 3.63) is 18.2 Å². The van der Waals surface area contributed by atoms with Crippen molar-refractivity contribution in [1.82, 2.24) is 0 Å². The molecule has 4 nitrogen and oxygen atoms in total. The van der Waals surface area contributed by atoms with E-state index in [1.54, 1.807) is 0 Å². The molecule has 0 spiro atoms. The molecule has 1 saturated carbocycles. The van der Waals surface area contributed by atoms with Gasteiger partial charge in [0.1, 0.15) is 5.75 Å². The van der Waals surface area contributed by atoms with Crippen LogP contribution >= 0.6 is 0 Å². The minimum absolute atomic E-state index is 0.0944. The smallest absolute Gasteiger partial charge is 0.144 e. The highest BCUT2D eigenvalue weighted by Gasteiger charge is 2.26. The van der Waals surface area contributed by atoms with E-state index in [0.29, 0.717) is 11.6 Å². The molecule has 0 unspecified atom stereocenters. The number of nitrogen functional groups attached to an aromatic ring is 1. The fourth-order valence-corrected chi connectivity index (χ4v) is 2.13. The summed E-state index contributed by atoms with van der Waals surface area (Å²) in [4.78, 5) is 0. The topological polar surface area (TPSA) is 67.5 Å². The molecule has 0 bridgehead atoms. The van der Waals surface area contributed by atoms with Gasteiger partial charge in [0, 0.05) is 18.3 Å². The minimum Gasteiger partial charge on any atom is -0.489 e. The molecule has 1 aromatic rings. The monoisotopic (exact) mass is 250 g/mol. The summed E-state index contributed by atoms with van der Waals surface area (Å²) in [5.41, 5.74) is 7.54. The number of rotatable bonds is 5. The third kappa shape index (κ3) is 3.29. The van der Waals surface area contributed by atoms with Gasteiger partial charge < -0.3 is 20.9 Å². The van der Waals surface area contributed by atoms with Crippen molar-refractivity contribution in [1.29, 1.82) is 0 Å². The van der Waals surface area contributed by atoms with E-state index in [-0.39, 0.29) is 12.2 Å². The minimum atomic E-state index is -0.0944. The van der Waals surface area contributed by atoms with Crippen LogP contribution in [0.1, 0.15) is 26.7 Å². The maximum Gasteiger partial charge on any atom is 0.144 e. The number of hydrogen-bond donors (Lipinski definition) is 3. The number of aliphatic hydroxyl groups is 1. The van der Waals surface area contributed by atoms with Gasteiger partial charge in [0.2, 0.25) is 0 Å². The molecule has 0 heterocycles. The molecule has 0 amide bonds. The zero-order valence-corrected chi connectivity index (χ0v) is 11.0. The maximum absolute atomic E-state index is 9.23. The maximum atomic E-state index is 9.23. The van der Waals surface area contributed by atoms with Crippen LogP contribution in [0.25, 0.3) is 0 Å². The number of hydrogen-bond acceptors (Lipinski definition) is 4. The Morgan fingerprint density at radius 1 is 1.44 bits per heavy atom. The molecule has 0 aromatic heterocycles. The molecule has 1 aliphatic carbocycles. The second-order valence-electron chi connectivity index (χ2n) is 5.29. The number of ether oxygens (including phenoxy) is 1. The van der Waals surface area contributed by atoms with Gasteiger partial charge in [-0.1, -0.05) is 0 Å². The average molecular weight is 250 g/mol. The predicted molar refractivity (Wildman–Crippen MR) is 73.8 cm³/mol. The lowest BCUT2D eigenvalue weighted by atomic mass is 9.82. The van der Waals surface area contributed by atoms with Gasteiger partial charge in [-0.25, -0.2) is 0 Å². The Kier molecular flexibility index (Phi) is 3.97. The molecule has 1 aliphatic rings. The zero-order valence-electron chi connectivity index (χ0n) is 11.0. The standard InChI is InChI=1S/C14H22N2O2/c1-9(2)18-14-7-11(3-4-13(14)15)16-8-10-5-12(17)6-10/h3-4,7,9-10,12,16-17H,5-6,8,15H2,1-2H3. The van der Waals surface area contributed by atoms with Crippen molar-refractivity contribution in [2.24, 2.45) is 5.92 Å². The summed E-state index contributed by atoms with van der Waals surface area (Å²) >= 11 is 0. The van der Waals surface area contributed by atoms with Gasteiger partial charge in [0.05, 0.1) is 17.9 Å². The van der Waals surface area contributed by atoms with E-state index in [0.717, 1.165) is 30.8 Å². The Balaban J connectivity index is 1.92. The summed E-state index contributed by atoms with van der Waals surface area (Å²) in [6, 6.07) is 5.75. The summed E-state index contributed by atoms with van der Waals surface area (Å²) in [5.74, 6) is 1.30. The average Bonchev–Trinajstić information content (AvgIpc) is 2.26. The van der Waals surface area contributed by atoms with Crippen LogP contribution in [0.4, 0.5) is 11.4 Å². The lowest BCUT2D eigenvalue weighted by molar-refractivity contribution is 0.0487. The van der Waals surface area contributed by atoms with Gasteiger partial charge in [-0.15, -0.1) is 0 Å². The molecule has 4 N–H and O–H groups in total. The molecule has 0 atom stereocenters. The molecule has 0 radical (unpaired) electrons. The van der Waals surface area contributed by atoms with Crippen molar-refractivity contribution >= 4 is 11.4 Å². The van der Waals surface area contributed by atoms with E-state index in [4.69, 9.17) is 10.5 Å². The van der Waals surface area contributed by atoms with Crippen molar-refractivity contribution in [2.45, 2.75) is 38.9 Å². The Morgan fingerprint density at radius 3 is 2.78 bits per heavy atom. The molecular formula is C14H22N2O2. The van der Waals surface area contributed by atoms with Gasteiger partial charge in [-0.05, 0) is 44.7 Å². The molecule has 2 rings (SSSR count). The lowest BCUT2D eigenvalue weighted by Crippen LogP contribution is -2.33. The summed E-state index contributed by atoms with van der Waals surface area (Å²) in [6.07, 6.45) is 1.82. The van der Waals surface area contributed by atoms with Crippen molar-refractivity contribution in [3.8, 4) is 5.75 Å². The summed E-state index contributed by atoms with van der Waals surface area (Å²) in [5, 5.41) is 12.6. The summed E-state index contributed by atoms with van der Waals surface area (Å²) < 4.78 is 5.64. The van der Waals surface area contributed by atoms with Crippen LogP contribution in [0.5, 0.6) is 5.75 Å². The fourth-order valence-electron chi connectivity index (χ4n) is 2.13. The van der Waals surface area contributed by atoms with Gasteiger partial charge >= 0.3 is 0 Å². The lowest BCUT2D eigenvalue weighted by Gasteiger charge is -2.31. The Bertz CT molecular complexity index is 401. The van der Waals surface area contributed by atoms with Crippen LogP contribution < -0.4 is 15.8 Å². The van der Waals surface area contributed by atoms with E-state index < -0.39 is 0 Å². The molecule has 100 valence electrons. The Morgan fingerprint density at radius 2 is 2.17 bits per heavy atom. The summed E-state index contributed by atoms with van der Waals surface area (Å²) in [7, 11) is 0.